The predicted octanol–water partition coefficient (Wildman–Crippen LogP) is 7.32. The number of imidazole rings is 1. The second-order valence-corrected chi connectivity index (χ2v) is 18.1. The molecule has 1 saturated carbocycles. The van der Waals surface area contributed by atoms with E-state index < -0.39 is 46.6 Å². The summed E-state index contributed by atoms with van der Waals surface area (Å²) in [7, 11) is 1.65. The van der Waals surface area contributed by atoms with Gasteiger partial charge >= 0.3 is 17.8 Å². The molecule has 0 unspecified atom stereocenters. The second kappa shape index (κ2) is 14.9. The van der Waals surface area contributed by atoms with Gasteiger partial charge in [0, 0.05) is 68.6 Å². The average molecular weight is 925 g/mol. The third-order valence-corrected chi connectivity index (χ3v) is 13.5. The molecule has 8 aromatic rings. The van der Waals surface area contributed by atoms with Gasteiger partial charge in [-0.3, -0.25) is 28.1 Å². The number of halogens is 5. The lowest BCUT2D eigenvalue weighted by atomic mass is 9.84. The molecule has 8 heterocycles. The first-order valence-corrected chi connectivity index (χ1v) is 21.7. The highest BCUT2D eigenvalue weighted by Crippen LogP contribution is 2.55. The normalized spacial score (nSPS) is 19.0. The molecule has 0 spiro atoms. The molecule has 1 amide bonds. The van der Waals surface area contributed by atoms with Crippen molar-refractivity contribution < 1.29 is 40.7 Å². The molecule has 2 aromatic carbocycles. The van der Waals surface area contributed by atoms with Gasteiger partial charge in [-0.1, -0.05) is 11.2 Å². The van der Waals surface area contributed by atoms with Crippen molar-refractivity contribution in [2.24, 2.45) is 7.05 Å². The summed E-state index contributed by atoms with van der Waals surface area (Å²) < 4.78 is 93.2. The smallest absolute Gasteiger partial charge is 0.403 e. The number of hydrogen-bond acceptors (Lipinski definition) is 9. The molecule has 346 valence electrons. The van der Waals surface area contributed by atoms with Gasteiger partial charge in [0.15, 0.2) is 23.2 Å². The van der Waals surface area contributed by atoms with Crippen LogP contribution in [0.4, 0.5) is 22.0 Å². The maximum atomic E-state index is 16.1. The van der Waals surface area contributed by atoms with E-state index in [1.54, 1.807) is 31.1 Å². The van der Waals surface area contributed by atoms with Crippen molar-refractivity contribution in [3.05, 3.63) is 140 Å². The zero-order chi connectivity index (χ0) is 46.9. The number of aromatic amines is 1. The van der Waals surface area contributed by atoms with Crippen molar-refractivity contribution in [2.75, 3.05) is 13.2 Å². The standard InChI is InChI=1S/C46H41F5N10O6/c1-24-36-31(11-15-58(24)40(62)29-23-57-22-26(25-12-18-65-44(2,3)20-25)5-8-33(57)37(29)45(13-14-45)41-53-42(63)67-55-41)54-61(27-6-7-30(47)35(19-27)66-46(49,50)51)39(36)60-17-16-59(43(60)64)34-10-9-32-28(38(34)48)21-52-56(32)4/h5-10,16-17,19,21-25H,11-15,18,20H2,1-4H3,(H,53,55,63)/t24-,25+/m0/s1. The first-order chi connectivity index (χ1) is 31.9. The van der Waals surface area contributed by atoms with E-state index in [-0.39, 0.29) is 53.0 Å². The molecule has 1 saturated heterocycles. The number of H-pyrrole nitrogens is 1. The topological polar surface area (TPSA) is 165 Å². The van der Waals surface area contributed by atoms with E-state index in [2.05, 4.69) is 39.9 Å². The molecule has 16 nitrogen and oxygen atoms in total. The van der Waals surface area contributed by atoms with Gasteiger partial charge in [-0.05, 0) is 88.3 Å². The number of benzene rings is 2. The molecular formula is C46H41F5N10O6. The van der Waals surface area contributed by atoms with E-state index in [9.17, 15) is 27.2 Å². The van der Waals surface area contributed by atoms with E-state index in [1.165, 1.54) is 40.1 Å². The third-order valence-electron chi connectivity index (χ3n) is 13.5. The summed E-state index contributed by atoms with van der Waals surface area (Å²) in [4.78, 5) is 46.7. The van der Waals surface area contributed by atoms with Crippen molar-refractivity contribution in [1.82, 2.24) is 48.1 Å². The molecule has 1 N–H and O–H groups in total. The van der Waals surface area contributed by atoms with Gasteiger partial charge in [-0.15, -0.1) is 13.2 Å². The molecule has 2 fully saturated rings. The Morgan fingerprint density at radius 2 is 1.78 bits per heavy atom. The fourth-order valence-electron chi connectivity index (χ4n) is 10.2. The first kappa shape index (κ1) is 42.4. The molecule has 3 aliphatic rings. The number of nitrogens with one attached hydrogen (secondary N) is 1. The predicted molar refractivity (Wildman–Crippen MR) is 229 cm³/mol. The van der Waals surface area contributed by atoms with Crippen LogP contribution in [0.5, 0.6) is 5.75 Å². The molecule has 11 rings (SSSR count). The van der Waals surface area contributed by atoms with Crippen molar-refractivity contribution >= 4 is 22.3 Å². The first-order valence-electron chi connectivity index (χ1n) is 21.7. The Morgan fingerprint density at radius 3 is 2.51 bits per heavy atom. The lowest BCUT2D eigenvalue weighted by molar-refractivity contribution is -0.275. The molecule has 2 atom stereocenters. The molecule has 21 heteroatoms. The number of rotatable bonds is 8. The Morgan fingerprint density at radius 1 is 1.00 bits per heavy atom. The minimum Gasteiger partial charge on any atom is -0.403 e. The van der Waals surface area contributed by atoms with Crippen LogP contribution in [0.3, 0.4) is 0 Å². The van der Waals surface area contributed by atoms with Crippen LogP contribution in [-0.2, 0) is 23.6 Å². The molecular weight excluding hydrogens is 884 g/mol. The highest BCUT2D eigenvalue weighted by Gasteiger charge is 2.53. The number of hydrogen-bond donors (Lipinski definition) is 1. The molecule has 0 bridgehead atoms. The third kappa shape index (κ3) is 6.88. The number of aryl methyl sites for hydroxylation is 1. The minimum absolute atomic E-state index is 0.0151. The zero-order valence-corrected chi connectivity index (χ0v) is 36.4. The number of amides is 1. The number of alkyl halides is 3. The summed E-state index contributed by atoms with van der Waals surface area (Å²) in [5, 5.41) is 13.1. The minimum atomic E-state index is -5.23. The fraction of sp³-hybridized carbons (Fsp3) is 0.348. The molecule has 6 aromatic heterocycles. The number of ether oxygens (including phenoxy) is 2. The van der Waals surface area contributed by atoms with Gasteiger partial charge in [-0.25, -0.2) is 23.1 Å². The van der Waals surface area contributed by atoms with Crippen LogP contribution in [0.2, 0.25) is 0 Å². The van der Waals surface area contributed by atoms with Gasteiger partial charge < -0.3 is 18.8 Å². The Balaban J connectivity index is 1.05. The van der Waals surface area contributed by atoms with Crippen LogP contribution in [0, 0.1) is 11.6 Å². The summed E-state index contributed by atoms with van der Waals surface area (Å²) in [6.07, 6.45) is 5.48. The number of pyridine rings is 1. The number of carbonyl (C=O) groups excluding carboxylic acids is 1. The SMILES string of the molecule is C[C@H]1c2c(nn(-c3ccc(F)c(OC(F)(F)F)c3)c2-n2ccn(-c3ccc4c(cnn4C)c3F)c2=O)CCN1C(=O)c1cn2cc([C@@H]3CCOC(C)(C)C3)ccc2c1C1(c2noc(=O)[nH]2)CC1. The number of carbonyl (C=O) groups is 1. The van der Waals surface area contributed by atoms with E-state index >= 15 is 9.18 Å². The fourth-order valence-corrected chi connectivity index (χ4v) is 10.2. The van der Waals surface area contributed by atoms with Gasteiger partial charge in [-0.2, -0.15) is 10.2 Å². The van der Waals surface area contributed by atoms with Crippen LogP contribution >= 0.6 is 0 Å². The van der Waals surface area contributed by atoms with E-state index in [0.29, 0.717) is 53.2 Å². The van der Waals surface area contributed by atoms with Crippen molar-refractivity contribution in [3.8, 4) is 22.9 Å². The molecule has 1 aliphatic carbocycles. The Kier molecular flexibility index (Phi) is 9.39. The van der Waals surface area contributed by atoms with Crippen LogP contribution < -0.4 is 16.2 Å². The monoisotopic (exact) mass is 924 g/mol. The number of aromatic nitrogens is 9. The summed E-state index contributed by atoms with van der Waals surface area (Å²) in [5.41, 5.74) is 1.90. The van der Waals surface area contributed by atoms with Crippen LogP contribution in [0.25, 0.3) is 33.6 Å². The van der Waals surface area contributed by atoms with E-state index in [0.717, 1.165) is 45.2 Å². The number of nitrogens with zero attached hydrogens (tertiary/aromatic N) is 9. The van der Waals surface area contributed by atoms with Gasteiger partial charge in [0.1, 0.15) is 5.82 Å². The Bertz CT molecular complexity index is 3440. The summed E-state index contributed by atoms with van der Waals surface area (Å²) >= 11 is 0. The van der Waals surface area contributed by atoms with Crippen molar-refractivity contribution in [1.29, 1.82) is 0 Å². The highest BCUT2D eigenvalue weighted by atomic mass is 19.4. The maximum absolute atomic E-state index is 16.1. The summed E-state index contributed by atoms with van der Waals surface area (Å²) in [5.74, 6) is -3.76. The average Bonchev–Trinajstić information content (AvgIpc) is 3.73. The zero-order valence-electron chi connectivity index (χ0n) is 36.4. The largest absolute Gasteiger partial charge is 0.573 e. The van der Waals surface area contributed by atoms with Crippen LogP contribution in [0.1, 0.15) is 97.0 Å². The lowest BCUT2D eigenvalue weighted by Crippen LogP contribution is -2.40. The van der Waals surface area contributed by atoms with Gasteiger partial charge in [0.05, 0.1) is 62.3 Å². The lowest BCUT2D eigenvalue weighted by Gasteiger charge is -2.35. The van der Waals surface area contributed by atoms with Crippen LogP contribution in [-0.4, -0.2) is 79.2 Å². The van der Waals surface area contributed by atoms with Gasteiger partial charge in [0.25, 0.3) is 5.91 Å². The Labute approximate surface area is 375 Å². The van der Waals surface area contributed by atoms with Crippen molar-refractivity contribution in [3.63, 3.8) is 0 Å². The molecule has 0 radical (unpaired) electrons. The second-order valence-electron chi connectivity index (χ2n) is 18.1. The van der Waals surface area contributed by atoms with E-state index in [1.807, 2.05) is 16.7 Å². The van der Waals surface area contributed by atoms with Gasteiger partial charge in [0.2, 0.25) is 0 Å². The van der Waals surface area contributed by atoms with Crippen molar-refractivity contribution in [2.45, 2.75) is 82.2 Å². The quantitative estimate of drug-likeness (QED) is 0.154. The Hall–Kier alpha value is -7.29. The summed E-state index contributed by atoms with van der Waals surface area (Å²) in [6.45, 7) is 6.60. The molecule has 67 heavy (non-hydrogen) atoms. The highest BCUT2D eigenvalue weighted by molar-refractivity contribution is 5.99. The molecule has 2 aliphatic heterocycles. The maximum Gasteiger partial charge on any atom is 0.573 e. The summed E-state index contributed by atoms with van der Waals surface area (Å²) in [6, 6.07) is 9.02. The van der Waals surface area contributed by atoms with Crippen LogP contribution in [0.15, 0.2) is 87.6 Å². The van der Waals surface area contributed by atoms with E-state index in [4.69, 9.17) is 14.4 Å². The number of fused-ring (bicyclic) bond motifs is 3.